The normalized spacial score (nSPS) is 22.9. The smallest absolute Gasteiger partial charge is 0.0811 e. The van der Waals surface area contributed by atoms with Crippen molar-refractivity contribution in [2.24, 2.45) is 5.90 Å². The summed E-state index contributed by atoms with van der Waals surface area (Å²) in [6.45, 7) is 6.70. The number of hydrogen-bond acceptors (Lipinski definition) is 3. The maximum absolute atomic E-state index is 5.11. The van der Waals surface area contributed by atoms with Crippen molar-refractivity contribution in [3.8, 4) is 0 Å². The zero-order chi connectivity index (χ0) is 8.27. The molecule has 1 rings (SSSR count). The lowest BCUT2D eigenvalue weighted by Gasteiger charge is -2.33. The molecule has 0 atom stereocenters. The van der Waals surface area contributed by atoms with Crippen molar-refractivity contribution in [1.29, 1.82) is 0 Å². The monoisotopic (exact) mass is 158 g/mol. The van der Waals surface area contributed by atoms with E-state index in [4.69, 9.17) is 10.7 Å². The van der Waals surface area contributed by atoms with Crippen LogP contribution in [0, 0.1) is 0 Å². The quantitative estimate of drug-likeness (QED) is 0.603. The highest BCUT2D eigenvalue weighted by molar-refractivity contribution is 4.73. The Hall–Kier alpha value is -0.120. The Kier molecular flexibility index (Phi) is 3.30. The molecular formula is C8H18N2O. The molecule has 0 amide bonds. The molecule has 1 fully saturated rings. The van der Waals surface area contributed by atoms with Crippen molar-refractivity contribution in [2.75, 3.05) is 13.1 Å². The molecule has 0 spiro atoms. The van der Waals surface area contributed by atoms with Crippen LogP contribution in [-0.4, -0.2) is 30.1 Å². The number of rotatable bonds is 2. The number of nitrogens with zero attached hydrogens (tertiary/aromatic N) is 1. The molecule has 11 heavy (non-hydrogen) atoms. The van der Waals surface area contributed by atoms with E-state index in [0.717, 1.165) is 25.9 Å². The summed E-state index contributed by atoms with van der Waals surface area (Å²) in [6, 6.07) is 0.661. The van der Waals surface area contributed by atoms with Gasteiger partial charge in [0.15, 0.2) is 0 Å². The van der Waals surface area contributed by atoms with Gasteiger partial charge in [0.1, 0.15) is 0 Å². The third-order valence-electron chi connectivity index (χ3n) is 2.40. The van der Waals surface area contributed by atoms with Crippen LogP contribution >= 0.6 is 0 Å². The van der Waals surface area contributed by atoms with Crippen LogP contribution in [0.3, 0.4) is 0 Å². The van der Waals surface area contributed by atoms with Crippen molar-refractivity contribution in [2.45, 2.75) is 38.8 Å². The average Bonchev–Trinajstić information content (AvgIpc) is 2.05. The van der Waals surface area contributed by atoms with Gasteiger partial charge in [-0.3, -0.25) is 0 Å². The third-order valence-corrected chi connectivity index (χ3v) is 2.40. The van der Waals surface area contributed by atoms with E-state index < -0.39 is 0 Å². The van der Waals surface area contributed by atoms with Crippen LogP contribution in [0.25, 0.3) is 0 Å². The van der Waals surface area contributed by atoms with E-state index in [1.54, 1.807) is 0 Å². The van der Waals surface area contributed by atoms with E-state index in [2.05, 4.69) is 18.7 Å². The standard InChI is InChI=1S/C8H18N2O/c1-7(2)10-5-3-8(11-9)4-6-10/h7-8H,3-6,9H2,1-2H3. The number of hydrogen-bond donors (Lipinski definition) is 1. The van der Waals surface area contributed by atoms with Crippen molar-refractivity contribution in [1.82, 2.24) is 4.90 Å². The molecule has 0 radical (unpaired) electrons. The second-order valence-corrected chi connectivity index (χ2v) is 3.47. The van der Waals surface area contributed by atoms with Gasteiger partial charge in [0.05, 0.1) is 6.10 Å². The molecule has 3 heteroatoms. The molecule has 0 aromatic carbocycles. The van der Waals surface area contributed by atoms with Crippen molar-refractivity contribution in [3.63, 3.8) is 0 Å². The summed E-state index contributed by atoms with van der Waals surface area (Å²) in [4.78, 5) is 7.25. The maximum atomic E-state index is 5.11. The fourth-order valence-electron chi connectivity index (χ4n) is 1.53. The minimum Gasteiger partial charge on any atom is -0.301 e. The summed E-state index contributed by atoms with van der Waals surface area (Å²) >= 11 is 0. The van der Waals surface area contributed by atoms with Crippen LogP contribution in [0.1, 0.15) is 26.7 Å². The maximum Gasteiger partial charge on any atom is 0.0811 e. The van der Waals surface area contributed by atoms with E-state index in [1.807, 2.05) is 0 Å². The molecule has 1 aliphatic rings. The van der Waals surface area contributed by atoms with E-state index in [-0.39, 0.29) is 0 Å². The average molecular weight is 158 g/mol. The van der Waals surface area contributed by atoms with Gasteiger partial charge in [-0.1, -0.05) is 0 Å². The lowest BCUT2D eigenvalue weighted by atomic mass is 10.1. The van der Waals surface area contributed by atoms with E-state index in [9.17, 15) is 0 Å². The SMILES string of the molecule is CC(C)N1CCC(ON)CC1. The highest BCUT2D eigenvalue weighted by atomic mass is 16.6. The zero-order valence-corrected chi connectivity index (χ0v) is 7.42. The zero-order valence-electron chi connectivity index (χ0n) is 7.42. The molecule has 0 bridgehead atoms. The van der Waals surface area contributed by atoms with Gasteiger partial charge in [0, 0.05) is 19.1 Å². The highest BCUT2D eigenvalue weighted by Crippen LogP contribution is 2.13. The van der Waals surface area contributed by atoms with Crippen LogP contribution < -0.4 is 5.90 Å². The van der Waals surface area contributed by atoms with Crippen LogP contribution in [0.2, 0.25) is 0 Å². The first-order chi connectivity index (χ1) is 5.24. The molecule has 3 nitrogen and oxygen atoms in total. The molecule has 66 valence electrons. The minimum atomic E-state index is 0.296. The molecule has 1 heterocycles. The van der Waals surface area contributed by atoms with Gasteiger partial charge in [0.2, 0.25) is 0 Å². The first-order valence-corrected chi connectivity index (χ1v) is 4.33. The predicted octanol–water partition coefficient (Wildman–Crippen LogP) is 0.749. The Morgan fingerprint density at radius 2 is 1.91 bits per heavy atom. The predicted molar refractivity (Wildman–Crippen MR) is 45.0 cm³/mol. The lowest BCUT2D eigenvalue weighted by molar-refractivity contribution is 0.000369. The third kappa shape index (κ3) is 2.43. The fourth-order valence-corrected chi connectivity index (χ4v) is 1.53. The summed E-state index contributed by atoms with van der Waals surface area (Å²) < 4.78 is 0. The van der Waals surface area contributed by atoms with Crippen molar-refractivity contribution in [3.05, 3.63) is 0 Å². The summed E-state index contributed by atoms with van der Waals surface area (Å²) in [5, 5.41) is 0. The Bertz CT molecular complexity index is 109. The van der Waals surface area contributed by atoms with Gasteiger partial charge in [-0.15, -0.1) is 0 Å². The van der Waals surface area contributed by atoms with Crippen LogP contribution in [0.5, 0.6) is 0 Å². The molecule has 0 saturated carbocycles. The van der Waals surface area contributed by atoms with E-state index in [0.29, 0.717) is 12.1 Å². The molecular weight excluding hydrogens is 140 g/mol. The van der Waals surface area contributed by atoms with Crippen LogP contribution in [0.4, 0.5) is 0 Å². The van der Waals surface area contributed by atoms with Gasteiger partial charge < -0.3 is 9.74 Å². The topological polar surface area (TPSA) is 38.5 Å². The lowest BCUT2D eigenvalue weighted by Crippen LogP contribution is -2.41. The molecule has 0 aromatic heterocycles. The molecule has 0 aromatic rings. The largest absolute Gasteiger partial charge is 0.301 e. The minimum absolute atomic E-state index is 0.296. The summed E-state index contributed by atoms with van der Waals surface area (Å²) in [6.07, 6.45) is 2.45. The fraction of sp³-hybridized carbons (Fsp3) is 1.00. The van der Waals surface area contributed by atoms with E-state index >= 15 is 0 Å². The van der Waals surface area contributed by atoms with Crippen LogP contribution in [-0.2, 0) is 4.84 Å². The van der Waals surface area contributed by atoms with Crippen molar-refractivity contribution < 1.29 is 4.84 Å². The molecule has 0 aliphatic carbocycles. The van der Waals surface area contributed by atoms with Gasteiger partial charge in [-0.2, -0.15) is 0 Å². The summed E-state index contributed by atoms with van der Waals surface area (Å²) in [5.74, 6) is 5.11. The Morgan fingerprint density at radius 3 is 2.27 bits per heavy atom. The molecule has 1 saturated heterocycles. The number of nitrogens with two attached hydrogens (primary N) is 1. The van der Waals surface area contributed by atoms with Gasteiger partial charge >= 0.3 is 0 Å². The summed E-state index contributed by atoms with van der Waals surface area (Å²) in [5.41, 5.74) is 0. The van der Waals surface area contributed by atoms with Crippen molar-refractivity contribution >= 4 is 0 Å². The van der Waals surface area contributed by atoms with Gasteiger partial charge in [-0.05, 0) is 26.7 Å². The Morgan fingerprint density at radius 1 is 1.36 bits per heavy atom. The number of likely N-dealkylation sites (tertiary alicyclic amines) is 1. The van der Waals surface area contributed by atoms with Gasteiger partial charge in [0.25, 0.3) is 0 Å². The first-order valence-electron chi connectivity index (χ1n) is 4.33. The highest BCUT2D eigenvalue weighted by Gasteiger charge is 2.20. The second-order valence-electron chi connectivity index (χ2n) is 3.47. The number of piperidine rings is 1. The Balaban J connectivity index is 2.24. The molecule has 2 N–H and O–H groups in total. The van der Waals surface area contributed by atoms with Crippen LogP contribution in [0.15, 0.2) is 0 Å². The first kappa shape index (κ1) is 8.97. The van der Waals surface area contributed by atoms with Gasteiger partial charge in [-0.25, -0.2) is 5.90 Å². The second kappa shape index (κ2) is 4.04. The van der Waals surface area contributed by atoms with E-state index in [1.165, 1.54) is 0 Å². The Labute approximate surface area is 68.5 Å². The molecule has 0 unspecified atom stereocenters. The summed E-state index contributed by atoms with van der Waals surface area (Å²) in [7, 11) is 0. The molecule has 1 aliphatic heterocycles.